The fourth-order valence-corrected chi connectivity index (χ4v) is 0. The Balaban J connectivity index is -0.00000000500. The van der Waals surface area contributed by atoms with Gasteiger partial charge < -0.3 is 0 Å². The van der Waals surface area contributed by atoms with E-state index in [2.05, 4.69) is 15.3 Å². The molecule has 4 heteroatoms. The van der Waals surface area contributed by atoms with E-state index in [0.29, 0.717) is 0 Å². The fraction of sp³-hybridized carbons (Fsp3) is 0. The van der Waals surface area contributed by atoms with Crippen LogP contribution < -0.4 is 0 Å². The first-order valence-electron chi connectivity index (χ1n) is 0.316. The Labute approximate surface area is 55.8 Å². The summed E-state index contributed by atoms with van der Waals surface area (Å²) in [5, 5.41) is 0. The van der Waals surface area contributed by atoms with E-state index in [1.165, 1.54) is 0 Å². The first-order valence-corrected chi connectivity index (χ1v) is 1.30. The van der Waals surface area contributed by atoms with Crippen molar-refractivity contribution in [2.75, 3.05) is 0 Å². The van der Waals surface area contributed by atoms with Gasteiger partial charge in [-0.3, -0.25) is 0 Å². The summed E-state index contributed by atoms with van der Waals surface area (Å²) in [4.78, 5) is 0. The maximum atomic E-state index is 3.88. The van der Waals surface area contributed by atoms with Crippen LogP contribution in [-0.4, -0.2) is 6.74 Å². The van der Waals surface area contributed by atoms with Gasteiger partial charge in [0.25, 0.3) is 0 Å². The zero-order valence-corrected chi connectivity index (χ0v) is 5.14. The molecular weight excluding hydrogens is 184 g/mol. The summed E-state index contributed by atoms with van der Waals surface area (Å²) in [5.41, 5.74) is 0. The molecule has 0 fully saturated rings. The average Bonchev–Trinajstić information content (AvgIpc) is 1.00. The van der Waals surface area contributed by atoms with E-state index in [4.69, 9.17) is 0 Å². The topological polar surface area (TPSA) is 0 Å². The van der Waals surface area contributed by atoms with E-state index < -0.39 is 0 Å². The molecule has 0 unspecified atom stereocenters. The van der Waals surface area contributed by atoms with Crippen molar-refractivity contribution in [2.45, 2.75) is 0 Å². The van der Waals surface area contributed by atoms with Gasteiger partial charge in [-0.05, 0) is 0 Å². The van der Waals surface area contributed by atoms with Crippen LogP contribution in [-0.2, 0) is 49.1 Å². The SMILES string of the molecule is [BH2][Ni].[Co].[Fe]. The van der Waals surface area contributed by atoms with Gasteiger partial charge in [-0.15, -0.1) is 0 Å². The minimum atomic E-state index is 0. The molecule has 0 saturated heterocycles. The molecule has 0 saturated carbocycles. The van der Waals surface area contributed by atoms with E-state index >= 15 is 0 Å². The van der Waals surface area contributed by atoms with Gasteiger partial charge in [-0.1, -0.05) is 0 Å². The first kappa shape index (κ1) is 17.6. The maximum Gasteiger partial charge on any atom is 0 e. The van der Waals surface area contributed by atoms with Crippen LogP contribution in [0.2, 0.25) is 0 Å². The van der Waals surface area contributed by atoms with Crippen molar-refractivity contribution in [1.29, 1.82) is 0 Å². The molecule has 1 radical (unpaired) electrons. The van der Waals surface area contributed by atoms with Gasteiger partial charge in [0, 0.05) is 33.8 Å². The molecule has 0 aromatic rings. The van der Waals surface area contributed by atoms with Crippen LogP contribution in [0.5, 0.6) is 0 Å². The van der Waals surface area contributed by atoms with E-state index in [1.54, 1.807) is 6.74 Å². The third-order valence-corrected chi connectivity index (χ3v) is 0. The van der Waals surface area contributed by atoms with Gasteiger partial charge in [0.15, 0.2) is 0 Å². The Hall–Kier alpha value is 1.58. The third kappa shape index (κ3) is 9.54. The molecule has 0 aromatic carbocycles. The van der Waals surface area contributed by atoms with Crippen LogP contribution in [0.3, 0.4) is 0 Å². The molecule has 0 spiro atoms. The van der Waals surface area contributed by atoms with Crippen LogP contribution in [0.25, 0.3) is 0 Å². The minimum Gasteiger partial charge on any atom is 0 e. The Kier molecular flexibility index (Phi) is 103. The molecule has 0 aliphatic heterocycles. The normalized spacial score (nSPS) is 1.50. The van der Waals surface area contributed by atoms with Crippen molar-refractivity contribution < 1.29 is 49.1 Å². The molecular formula is H2BCoFeNi. The zero-order chi connectivity index (χ0) is 2.00. The Morgan fingerprint density at radius 2 is 1.25 bits per heavy atom. The van der Waals surface area contributed by atoms with Crippen LogP contribution in [0.15, 0.2) is 0 Å². The molecule has 0 aliphatic carbocycles. The Bertz CT molecular complexity index is 8.00. The van der Waals surface area contributed by atoms with Crippen LogP contribution in [0.4, 0.5) is 0 Å². The molecule has 0 aliphatic rings. The van der Waals surface area contributed by atoms with Crippen molar-refractivity contribution in [3.63, 3.8) is 0 Å². The van der Waals surface area contributed by atoms with Crippen LogP contribution in [0, 0.1) is 0 Å². The minimum absolute atomic E-state index is 0. The van der Waals surface area contributed by atoms with Gasteiger partial charge in [-0.25, -0.2) is 0 Å². The standard InChI is InChI=1S/BH2.Co.Fe.Ni/h1H2;;;/q+1;;;-1. The van der Waals surface area contributed by atoms with E-state index in [-0.39, 0.29) is 33.8 Å². The predicted octanol–water partition coefficient (Wildman–Crippen LogP) is -0.924. The predicted molar refractivity (Wildman–Crippen MR) is 8.54 cm³/mol. The van der Waals surface area contributed by atoms with Crippen molar-refractivity contribution in [3.05, 3.63) is 0 Å². The number of hydrogen-bond acceptors (Lipinski definition) is 0. The second-order valence-electron chi connectivity index (χ2n) is 0. The summed E-state index contributed by atoms with van der Waals surface area (Å²) >= 11 is 3.88. The summed E-state index contributed by atoms with van der Waals surface area (Å²) < 4.78 is 0. The van der Waals surface area contributed by atoms with Gasteiger partial charge >= 0.3 is 22.0 Å². The summed E-state index contributed by atoms with van der Waals surface area (Å²) in [5.74, 6) is 0. The molecule has 0 aromatic heterocycles. The van der Waals surface area contributed by atoms with Crippen molar-refractivity contribution in [2.24, 2.45) is 0 Å². The zero-order valence-electron chi connectivity index (χ0n) is 2.00. The molecule has 0 atom stereocenters. The van der Waals surface area contributed by atoms with Crippen molar-refractivity contribution >= 4 is 6.74 Å². The molecule has 0 amide bonds. The van der Waals surface area contributed by atoms with Crippen molar-refractivity contribution in [3.8, 4) is 0 Å². The monoisotopic (exact) mass is 186 g/mol. The molecule has 0 rings (SSSR count). The molecule has 0 heterocycles. The second kappa shape index (κ2) is 23.5. The van der Waals surface area contributed by atoms with E-state index in [1.807, 2.05) is 0 Å². The first-order chi connectivity index (χ1) is 1.00. The summed E-state index contributed by atoms with van der Waals surface area (Å²) in [7, 11) is 0. The quantitative estimate of drug-likeness (QED) is 0.429. The summed E-state index contributed by atoms with van der Waals surface area (Å²) in [6, 6.07) is 0. The summed E-state index contributed by atoms with van der Waals surface area (Å²) in [6.45, 7) is 1.62. The molecule has 0 bridgehead atoms. The van der Waals surface area contributed by atoms with Crippen molar-refractivity contribution in [1.82, 2.24) is 0 Å². The maximum absolute atomic E-state index is 3.88. The van der Waals surface area contributed by atoms with Gasteiger partial charge in [0.1, 0.15) is 0 Å². The third-order valence-electron chi connectivity index (χ3n) is 0. The number of hydrogen-bond donors (Lipinski definition) is 0. The Morgan fingerprint density at radius 3 is 1.25 bits per heavy atom. The Morgan fingerprint density at radius 1 is 1.25 bits per heavy atom. The van der Waals surface area contributed by atoms with E-state index in [9.17, 15) is 0 Å². The molecule has 0 N–H and O–H groups in total. The number of rotatable bonds is 0. The summed E-state index contributed by atoms with van der Waals surface area (Å²) in [6.07, 6.45) is 0. The molecule has 0 nitrogen and oxygen atoms in total. The second-order valence-corrected chi connectivity index (χ2v) is 0. The van der Waals surface area contributed by atoms with E-state index in [0.717, 1.165) is 0 Å². The molecule has 32 valence electrons. The smallest absolute Gasteiger partial charge is 0 e. The average molecular weight is 186 g/mol. The molecule has 4 heavy (non-hydrogen) atoms. The fourth-order valence-electron chi connectivity index (χ4n) is 0. The van der Waals surface area contributed by atoms with Gasteiger partial charge in [0.2, 0.25) is 0 Å². The van der Waals surface area contributed by atoms with Gasteiger partial charge in [-0.2, -0.15) is 0 Å². The van der Waals surface area contributed by atoms with Crippen LogP contribution >= 0.6 is 0 Å². The van der Waals surface area contributed by atoms with Crippen LogP contribution in [0.1, 0.15) is 0 Å². The largest absolute Gasteiger partial charge is 0 e. The van der Waals surface area contributed by atoms with Gasteiger partial charge in [0.05, 0.1) is 0 Å².